The molecule has 2 rings (SSSR count). The van der Waals surface area contributed by atoms with Crippen LogP contribution in [0.15, 0.2) is 47.3 Å². The van der Waals surface area contributed by atoms with Gasteiger partial charge in [-0.1, -0.05) is 30.3 Å². The van der Waals surface area contributed by atoms with Crippen LogP contribution in [0.2, 0.25) is 0 Å². The van der Waals surface area contributed by atoms with Gasteiger partial charge in [0.05, 0.1) is 12.4 Å². The third kappa shape index (κ3) is 4.05. The van der Waals surface area contributed by atoms with E-state index >= 15 is 0 Å². The molecule has 0 bridgehead atoms. The second-order valence-electron chi connectivity index (χ2n) is 3.52. The number of aromatic nitrogens is 2. The molecule has 0 unspecified atom stereocenters. The first kappa shape index (κ1) is 12.9. The molecule has 0 aliphatic heterocycles. The lowest BCUT2D eigenvalue weighted by Crippen LogP contribution is -2.28. The fourth-order valence-electron chi connectivity index (χ4n) is 1.32. The molecule has 4 nitrogen and oxygen atoms in total. The topological polar surface area (TPSA) is 49.8 Å². The third-order valence-corrected chi connectivity index (χ3v) is 2.81. The van der Waals surface area contributed by atoms with Crippen molar-refractivity contribution in [1.82, 2.24) is 15.3 Å². The summed E-state index contributed by atoms with van der Waals surface area (Å²) in [7, 11) is 0. The van der Waals surface area contributed by atoms with E-state index < -0.39 is 0 Å². The molecule has 1 aromatic carbocycles. The van der Waals surface area contributed by atoms with Crippen molar-refractivity contribution >= 4 is 39.1 Å². The molecule has 0 radical (unpaired) electrons. The van der Waals surface area contributed by atoms with E-state index in [1.54, 1.807) is 12.4 Å². The summed E-state index contributed by atoms with van der Waals surface area (Å²) in [4.78, 5) is 8.18. The average Bonchev–Trinajstić information content (AvgIpc) is 2.40. The van der Waals surface area contributed by atoms with E-state index in [9.17, 15) is 0 Å². The van der Waals surface area contributed by atoms with Crippen LogP contribution < -0.4 is 10.6 Å². The van der Waals surface area contributed by atoms with E-state index in [2.05, 4.69) is 36.5 Å². The third-order valence-electron chi connectivity index (χ3n) is 2.16. The molecule has 0 atom stereocenters. The van der Waals surface area contributed by atoms with Crippen LogP contribution in [-0.4, -0.2) is 15.1 Å². The largest absolute Gasteiger partial charge is 0.358 e. The Bertz CT molecular complexity index is 515. The summed E-state index contributed by atoms with van der Waals surface area (Å²) in [6.07, 6.45) is 3.22. The van der Waals surface area contributed by atoms with Crippen molar-refractivity contribution in [3.63, 3.8) is 0 Å². The molecule has 1 aromatic heterocycles. The summed E-state index contributed by atoms with van der Waals surface area (Å²) in [6.45, 7) is 0.677. The predicted octanol–water partition coefficient (Wildman–Crippen LogP) is 2.73. The average molecular weight is 323 g/mol. The highest BCUT2D eigenvalue weighted by Gasteiger charge is 1.99. The maximum atomic E-state index is 5.17. The van der Waals surface area contributed by atoms with Crippen molar-refractivity contribution in [3.05, 3.63) is 52.9 Å². The van der Waals surface area contributed by atoms with Gasteiger partial charge in [-0.15, -0.1) is 0 Å². The van der Waals surface area contributed by atoms with Crippen LogP contribution in [0.3, 0.4) is 0 Å². The van der Waals surface area contributed by atoms with Gasteiger partial charge in [-0.05, 0) is 33.7 Å². The van der Waals surface area contributed by atoms with E-state index in [4.69, 9.17) is 12.2 Å². The second kappa shape index (κ2) is 6.42. The summed E-state index contributed by atoms with van der Waals surface area (Å²) in [6, 6.07) is 10.0. The number of nitrogens with zero attached hydrogens (tertiary/aromatic N) is 2. The zero-order valence-electron chi connectivity index (χ0n) is 9.43. The monoisotopic (exact) mass is 322 g/mol. The number of hydrogen-bond donors (Lipinski definition) is 2. The summed E-state index contributed by atoms with van der Waals surface area (Å²) in [5, 5.41) is 6.59. The predicted molar refractivity (Wildman–Crippen MR) is 79.2 cm³/mol. The van der Waals surface area contributed by atoms with Gasteiger partial charge in [0.2, 0.25) is 0 Å². The smallest absolute Gasteiger partial charge is 0.172 e. The Morgan fingerprint density at radius 3 is 2.61 bits per heavy atom. The molecule has 0 aliphatic rings. The number of rotatable bonds is 3. The maximum Gasteiger partial charge on any atom is 0.172 e. The van der Waals surface area contributed by atoms with Gasteiger partial charge in [0, 0.05) is 6.54 Å². The number of anilines is 1. The van der Waals surface area contributed by atoms with E-state index in [1.165, 1.54) is 5.56 Å². The lowest BCUT2D eigenvalue weighted by atomic mass is 10.2. The zero-order chi connectivity index (χ0) is 12.8. The highest BCUT2D eigenvalue weighted by molar-refractivity contribution is 9.10. The van der Waals surface area contributed by atoms with Gasteiger partial charge in [0.15, 0.2) is 10.9 Å². The molecule has 2 aromatic rings. The lowest BCUT2D eigenvalue weighted by molar-refractivity contribution is 0.924. The van der Waals surface area contributed by atoms with Crippen molar-refractivity contribution in [3.8, 4) is 0 Å². The standard InChI is InChI=1S/C12H11BrN4S/c13-10-7-15-11(8-14-10)17-12(18)16-6-9-4-2-1-3-5-9/h1-5,7-8H,6H2,(H2,15,16,17,18). The van der Waals surface area contributed by atoms with Crippen LogP contribution in [0.4, 0.5) is 5.82 Å². The van der Waals surface area contributed by atoms with E-state index in [-0.39, 0.29) is 0 Å². The molecule has 0 fully saturated rings. The molecule has 18 heavy (non-hydrogen) atoms. The van der Waals surface area contributed by atoms with Gasteiger partial charge in [-0.2, -0.15) is 0 Å². The zero-order valence-corrected chi connectivity index (χ0v) is 11.8. The molecule has 0 amide bonds. The normalized spacial score (nSPS) is 9.83. The Morgan fingerprint density at radius 1 is 1.17 bits per heavy atom. The molecule has 2 N–H and O–H groups in total. The van der Waals surface area contributed by atoms with Crippen LogP contribution in [0, 0.1) is 0 Å². The summed E-state index contributed by atoms with van der Waals surface area (Å²) < 4.78 is 0.691. The number of benzene rings is 1. The molecule has 0 aliphatic carbocycles. The summed E-state index contributed by atoms with van der Waals surface area (Å²) in [5.74, 6) is 0.615. The minimum absolute atomic E-state index is 0.524. The number of halogens is 1. The fourth-order valence-corrected chi connectivity index (χ4v) is 1.70. The molecular weight excluding hydrogens is 312 g/mol. The first-order valence-electron chi connectivity index (χ1n) is 5.30. The number of hydrogen-bond acceptors (Lipinski definition) is 3. The first-order valence-corrected chi connectivity index (χ1v) is 6.50. The Morgan fingerprint density at radius 2 is 1.94 bits per heavy atom. The molecule has 6 heteroatoms. The Balaban J connectivity index is 1.84. The van der Waals surface area contributed by atoms with Gasteiger partial charge in [-0.25, -0.2) is 9.97 Å². The SMILES string of the molecule is S=C(NCc1ccccc1)Nc1cnc(Br)cn1. The number of thiocarbonyl (C=S) groups is 1. The van der Waals surface area contributed by atoms with Crippen LogP contribution >= 0.6 is 28.1 Å². The summed E-state index contributed by atoms with van der Waals surface area (Å²) in [5.41, 5.74) is 1.17. The lowest BCUT2D eigenvalue weighted by Gasteiger charge is -2.09. The maximum absolute atomic E-state index is 5.17. The minimum atomic E-state index is 0.524. The molecule has 0 spiro atoms. The Labute approximate surface area is 119 Å². The molecular formula is C12H11BrN4S. The quantitative estimate of drug-likeness (QED) is 0.851. The minimum Gasteiger partial charge on any atom is -0.358 e. The van der Waals surface area contributed by atoms with Gasteiger partial charge >= 0.3 is 0 Å². The van der Waals surface area contributed by atoms with E-state index in [1.807, 2.05) is 30.3 Å². The van der Waals surface area contributed by atoms with Gasteiger partial charge in [-0.3, -0.25) is 0 Å². The van der Waals surface area contributed by atoms with Crippen molar-refractivity contribution in [1.29, 1.82) is 0 Å². The second-order valence-corrected chi connectivity index (χ2v) is 4.74. The van der Waals surface area contributed by atoms with Crippen molar-refractivity contribution in [2.24, 2.45) is 0 Å². The van der Waals surface area contributed by atoms with Crippen LogP contribution in [0.25, 0.3) is 0 Å². The molecule has 0 saturated heterocycles. The highest BCUT2D eigenvalue weighted by atomic mass is 79.9. The van der Waals surface area contributed by atoms with E-state index in [0.29, 0.717) is 22.1 Å². The Hall–Kier alpha value is -1.53. The highest BCUT2D eigenvalue weighted by Crippen LogP contribution is 2.06. The van der Waals surface area contributed by atoms with Gasteiger partial charge < -0.3 is 10.6 Å². The van der Waals surface area contributed by atoms with Crippen molar-refractivity contribution in [2.75, 3.05) is 5.32 Å². The molecule has 92 valence electrons. The fraction of sp³-hybridized carbons (Fsp3) is 0.0833. The molecule has 1 heterocycles. The van der Waals surface area contributed by atoms with Crippen molar-refractivity contribution < 1.29 is 0 Å². The van der Waals surface area contributed by atoms with Crippen LogP contribution in [0.1, 0.15) is 5.56 Å². The van der Waals surface area contributed by atoms with E-state index in [0.717, 1.165) is 0 Å². The van der Waals surface area contributed by atoms with Crippen molar-refractivity contribution in [2.45, 2.75) is 6.54 Å². The Kier molecular flexibility index (Phi) is 4.60. The number of nitrogens with one attached hydrogen (secondary N) is 2. The van der Waals surface area contributed by atoms with Crippen LogP contribution in [0.5, 0.6) is 0 Å². The first-order chi connectivity index (χ1) is 8.74. The van der Waals surface area contributed by atoms with Gasteiger partial charge in [0.1, 0.15) is 4.60 Å². The molecule has 0 saturated carbocycles. The summed E-state index contributed by atoms with van der Waals surface area (Å²) >= 11 is 8.39. The van der Waals surface area contributed by atoms with Crippen LogP contribution in [-0.2, 0) is 6.54 Å². The van der Waals surface area contributed by atoms with Gasteiger partial charge in [0.25, 0.3) is 0 Å².